The SMILES string of the molecule is Cc1cc(-c2ccccc2)nc(SCc2nc(-c3ccccc3C)no2)n1. The fourth-order valence-corrected chi connectivity index (χ4v) is 3.48. The summed E-state index contributed by atoms with van der Waals surface area (Å²) in [7, 11) is 0. The number of aryl methyl sites for hydroxylation is 2. The van der Waals surface area contributed by atoms with E-state index < -0.39 is 0 Å². The van der Waals surface area contributed by atoms with Crippen molar-refractivity contribution in [1.82, 2.24) is 20.1 Å². The van der Waals surface area contributed by atoms with Gasteiger partial charge in [0.25, 0.3) is 0 Å². The number of hydrogen-bond acceptors (Lipinski definition) is 6. The lowest BCUT2D eigenvalue weighted by Gasteiger charge is -2.05. The zero-order valence-corrected chi connectivity index (χ0v) is 15.9. The van der Waals surface area contributed by atoms with Crippen molar-refractivity contribution in [3.63, 3.8) is 0 Å². The summed E-state index contributed by atoms with van der Waals surface area (Å²) in [6.07, 6.45) is 0. The minimum Gasteiger partial charge on any atom is -0.338 e. The van der Waals surface area contributed by atoms with Gasteiger partial charge >= 0.3 is 0 Å². The van der Waals surface area contributed by atoms with Crippen molar-refractivity contribution in [2.45, 2.75) is 24.8 Å². The highest BCUT2D eigenvalue weighted by Gasteiger charge is 2.12. The summed E-state index contributed by atoms with van der Waals surface area (Å²) >= 11 is 1.49. The van der Waals surface area contributed by atoms with Crippen molar-refractivity contribution in [2.75, 3.05) is 0 Å². The van der Waals surface area contributed by atoms with Gasteiger partial charge < -0.3 is 4.52 Å². The number of rotatable bonds is 5. The van der Waals surface area contributed by atoms with Crippen LogP contribution in [0.5, 0.6) is 0 Å². The molecule has 27 heavy (non-hydrogen) atoms. The average Bonchev–Trinajstić information content (AvgIpc) is 3.16. The second-order valence-electron chi connectivity index (χ2n) is 6.16. The summed E-state index contributed by atoms with van der Waals surface area (Å²) in [6, 6.07) is 20.1. The Morgan fingerprint density at radius 2 is 1.67 bits per heavy atom. The molecule has 0 saturated carbocycles. The van der Waals surface area contributed by atoms with Crippen molar-refractivity contribution in [3.05, 3.63) is 77.8 Å². The van der Waals surface area contributed by atoms with Crippen LogP contribution in [-0.4, -0.2) is 20.1 Å². The maximum atomic E-state index is 5.40. The zero-order chi connectivity index (χ0) is 18.6. The Kier molecular flexibility index (Phi) is 4.98. The molecule has 0 aliphatic heterocycles. The number of aromatic nitrogens is 4. The van der Waals surface area contributed by atoms with Gasteiger partial charge in [-0.25, -0.2) is 9.97 Å². The molecule has 6 heteroatoms. The first-order valence-corrected chi connectivity index (χ1v) is 9.60. The molecule has 0 aliphatic carbocycles. The first kappa shape index (κ1) is 17.4. The molecule has 0 radical (unpaired) electrons. The maximum absolute atomic E-state index is 5.40. The fourth-order valence-electron chi connectivity index (χ4n) is 2.74. The predicted molar refractivity (Wildman–Crippen MR) is 106 cm³/mol. The van der Waals surface area contributed by atoms with E-state index in [2.05, 4.69) is 20.1 Å². The van der Waals surface area contributed by atoms with Gasteiger partial charge in [-0.3, -0.25) is 0 Å². The molecule has 2 aromatic heterocycles. The lowest BCUT2D eigenvalue weighted by Crippen LogP contribution is -1.94. The van der Waals surface area contributed by atoms with Crippen LogP contribution in [-0.2, 0) is 5.75 Å². The van der Waals surface area contributed by atoms with Crippen molar-refractivity contribution >= 4 is 11.8 Å². The Morgan fingerprint density at radius 3 is 2.48 bits per heavy atom. The van der Waals surface area contributed by atoms with Crippen LogP contribution in [0.1, 0.15) is 17.1 Å². The molecule has 0 fully saturated rings. The number of nitrogens with zero attached hydrogens (tertiary/aromatic N) is 4. The third-order valence-corrected chi connectivity index (χ3v) is 4.91. The standard InChI is InChI=1S/C21H18N4OS/c1-14-8-6-7-11-17(14)20-24-19(26-25-20)13-27-21-22-15(2)12-18(23-21)16-9-4-3-5-10-16/h3-12H,13H2,1-2H3. The summed E-state index contributed by atoms with van der Waals surface area (Å²) < 4.78 is 5.40. The molecule has 0 unspecified atom stereocenters. The molecule has 2 heterocycles. The number of thioether (sulfide) groups is 1. The Labute approximate surface area is 161 Å². The Balaban J connectivity index is 1.51. The van der Waals surface area contributed by atoms with Crippen LogP contribution < -0.4 is 0 Å². The molecule has 0 bridgehead atoms. The van der Waals surface area contributed by atoms with E-state index in [0.29, 0.717) is 22.6 Å². The van der Waals surface area contributed by atoms with Crippen molar-refractivity contribution in [1.29, 1.82) is 0 Å². The molecular formula is C21H18N4OS. The Bertz CT molecular complexity index is 1060. The zero-order valence-electron chi connectivity index (χ0n) is 15.1. The molecule has 5 nitrogen and oxygen atoms in total. The first-order valence-electron chi connectivity index (χ1n) is 8.61. The Hall–Kier alpha value is -2.99. The highest BCUT2D eigenvalue weighted by Crippen LogP contribution is 2.25. The fraction of sp³-hybridized carbons (Fsp3) is 0.143. The molecule has 4 rings (SSSR count). The molecule has 0 atom stereocenters. The minimum atomic E-state index is 0.524. The van der Waals surface area contributed by atoms with Gasteiger partial charge in [0.05, 0.1) is 11.4 Å². The van der Waals surface area contributed by atoms with E-state index in [1.54, 1.807) is 0 Å². The van der Waals surface area contributed by atoms with Crippen molar-refractivity contribution in [2.24, 2.45) is 0 Å². The molecule has 134 valence electrons. The van der Waals surface area contributed by atoms with Gasteiger partial charge in [0, 0.05) is 16.8 Å². The van der Waals surface area contributed by atoms with Crippen LogP contribution in [0.25, 0.3) is 22.6 Å². The van der Waals surface area contributed by atoms with Crippen molar-refractivity contribution in [3.8, 4) is 22.6 Å². The van der Waals surface area contributed by atoms with Crippen LogP contribution in [0.2, 0.25) is 0 Å². The highest BCUT2D eigenvalue weighted by atomic mass is 32.2. The molecule has 0 spiro atoms. The van der Waals surface area contributed by atoms with Gasteiger partial charge in [-0.15, -0.1) is 0 Å². The van der Waals surface area contributed by atoms with Crippen LogP contribution in [0.3, 0.4) is 0 Å². The summed E-state index contributed by atoms with van der Waals surface area (Å²) in [6.45, 7) is 4.01. The minimum absolute atomic E-state index is 0.524. The second-order valence-corrected chi connectivity index (χ2v) is 7.10. The number of benzene rings is 2. The summed E-state index contributed by atoms with van der Waals surface area (Å²) in [4.78, 5) is 13.7. The van der Waals surface area contributed by atoms with E-state index >= 15 is 0 Å². The quantitative estimate of drug-likeness (QED) is 0.357. The molecule has 0 saturated heterocycles. The van der Waals surface area contributed by atoms with Gasteiger partial charge in [-0.1, -0.05) is 71.5 Å². The van der Waals surface area contributed by atoms with Gasteiger partial charge in [0.15, 0.2) is 5.16 Å². The molecule has 0 amide bonds. The maximum Gasteiger partial charge on any atom is 0.237 e. The van der Waals surface area contributed by atoms with Crippen LogP contribution in [0.15, 0.2) is 70.3 Å². The molecule has 0 aliphatic rings. The lowest BCUT2D eigenvalue weighted by atomic mass is 10.1. The van der Waals surface area contributed by atoms with Crippen LogP contribution in [0, 0.1) is 13.8 Å². The van der Waals surface area contributed by atoms with Gasteiger partial charge in [-0.2, -0.15) is 4.98 Å². The summed E-state index contributed by atoms with van der Waals surface area (Å²) in [5.74, 6) is 1.69. The predicted octanol–water partition coefficient (Wildman–Crippen LogP) is 5.10. The summed E-state index contributed by atoms with van der Waals surface area (Å²) in [5.41, 5.74) is 5.02. The van der Waals surface area contributed by atoms with Crippen LogP contribution in [0.4, 0.5) is 0 Å². The molecular weight excluding hydrogens is 356 g/mol. The molecule has 2 aromatic carbocycles. The normalized spacial score (nSPS) is 10.9. The highest BCUT2D eigenvalue weighted by molar-refractivity contribution is 7.98. The van der Waals surface area contributed by atoms with E-state index in [1.807, 2.05) is 74.5 Å². The van der Waals surface area contributed by atoms with Crippen LogP contribution >= 0.6 is 11.8 Å². The topological polar surface area (TPSA) is 64.7 Å². The smallest absolute Gasteiger partial charge is 0.237 e. The lowest BCUT2D eigenvalue weighted by molar-refractivity contribution is 0.391. The van der Waals surface area contributed by atoms with Gasteiger partial charge in [0.2, 0.25) is 11.7 Å². The van der Waals surface area contributed by atoms with E-state index in [4.69, 9.17) is 4.52 Å². The Morgan fingerprint density at radius 1 is 0.889 bits per heavy atom. The number of hydrogen-bond donors (Lipinski definition) is 0. The van der Waals surface area contributed by atoms with Crippen molar-refractivity contribution < 1.29 is 4.52 Å². The largest absolute Gasteiger partial charge is 0.338 e. The van der Waals surface area contributed by atoms with Gasteiger partial charge in [-0.05, 0) is 25.5 Å². The first-order chi connectivity index (χ1) is 13.2. The van der Waals surface area contributed by atoms with E-state index in [1.165, 1.54) is 11.8 Å². The summed E-state index contributed by atoms with van der Waals surface area (Å²) in [5, 5.41) is 4.80. The molecule has 0 N–H and O–H groups in total. The van der Waals surface area contributed by atoms with E-state index in [0.717, 1.165) is 28.1 Å². The third kappa shape index (κ3) is 4.06. The third-order valence-electron chi connectivity index (χ3n) is 4.08. The monoisotopic (exact) mass is 374 g/mol. The van der Waals surface area contributed by atoms with E-state index in [-0.39, 0.29) is 0 Å². The molecule has 4 aromatic rings. The van der Waals surface area contributed by atoms with Gasteiger partial charge in [0.1, 0.15) is 0 Å². The second kappa shape index (κ2) is 7.72. The van der Waals surface area contributed by atoms with E-state index in [9.17, 15) is 0 Å². The average molecular weight is 374 g/mol.